The van der Waals surface area contributed by atoms with Gasteiger partial charge in [-0.2, -0.15) is 13.2 Å². The average Bonchev–Trinajstić information content (AvgIpc) is 3.54. The molecule has 2 aromatic heterocycles. The third-order valence-electron chi connectivity index (χ3n) is 6.85. The van der Waals surface area contributed by atoms with Crippen LogP contribution in [0.2, 0.25) is 0 Å². The first-order valence-corrected chi connectivity index (χ1v) is 11.8. The molecule has 6 rings (SSSR count). The number of nitrogens with zero attached hydrogens (tertiary/aromatic N) is 3. The van der Waals surface area contributed by atoms with E-state index >= 15 is 0 Å². The number of imide groups is 1. The molecule has 0 aliphatic carbocycles. The van der Waals surface area contributed by atoms with Crippen molar-refractivity contribution in [2.45, 2.75) is 25.2 Å². The quantitative estimate of drug-likeness (QED) is 0.324. The van der Waals surface area contributed by atoms with Gasteiger partial charge >= 0.3 is 18.0 Å². The maximum Gasteiger partial charge on any atom is 0.416 e. The Balaban J connectivity index is 1.53. The molecule has 40 heavy (non-hydrogen) atoms. The molecule has 10 nitrogen and oxygen atoms in total. The van der Waals surface area contributed by atoms with E-state index in [2.05, 4.69) is 10.5 Å². The number of carbonyl (C=O) groups is 3. The normalized spacial score (nSPS) is 17.4. The number of aromatic nitrogens is 3. The SMILES string of the molecule is C[C@]1(c2cccc(Cn3c(=O)n(-c4noc5cc(C=O)ccc45)c4ccc(C(F)(F)F)cc43)c2)OC(=O)NC1=O. The highest BCUT2D eigenvalue weighted by Crippen LogP contribution is 2.34. The van der Waals surface area contributed by atoms with Gasteiger partial charge in [0, 0.05) is 11.1 Å². The Bertz CT molecular complexity index is 1940. The molecule has 5 aromatic rings. The number of benzene rings is 3. The third kappa shape index (κ3) is 3.85. The van der Waals surface area contributed by atoms with Crippen LogP contribution in [0.4, 0.5) is 18.0 Å². The fraction of sp³-hybridized carbons (Fsp3) is 0.148. The van der Waals surface area contributed by atoms with E-state index in [1.807, 2.05) is 0 Å². The van der Waals surface area contributed by atoms with Crippen LogP contribution in [-0.2, 0) is 27.9 Å². The summed E-state index contributed by atoms with van der Waals surface area (Å²) < 4.78 is 53.7. The second kappa shape index (κ2) is 8.66. The molecule has 1 aliphatic heterocycles. The Morgan fingerprint density at radius 1 is 1.02 bits per heavy atom. The molecule has 2 amide bonds. The van der Waals surface area contributed by atoms with Gasteiger partial charge in [0.15, 0.2) is 11.4 Å². The molecule has 1 saturated heterocycles. The van der Waals surface area contributed by atoms with Crippen molar-refractivity contribution in [3.05, 3.63) is 93.4 Å². The molecule has 1 N–H and O–H groups in total. The predicted octanol–water partition coefficient (Wildman–Crippen LogP) is 4.29. The second-order valence-corrected chi connectivity index (χ2v) is 9.36. The number of cyclic esters (lactones) is 1. The zero-order valence-electron chi connectivity index (χ0n) is 20.5. The first-order chi connectivity index (χ1) is 19.0. The van der Waals surface area contributed by atoms with Crippen LogP contribution in [0.3, 0.4) is 0 Å². The van der Waals surface area contributed by atoms with Crippen LogP contribution in [0, 0.1) is 0 Å². The minimum Gasteiger partial charge on any atom is -0.428 e. The molecular formula is C27H17F3N4O6. The molecule has 0 saturated carbocycles. The van der Waals surface area contributed by atoms with Gasteiger partial charge in [0.1, 0.15) is 6.29 Å². The monoisotopic (exact) mass is 550 g/mol. The fourth-order valence-corrected chi connectivity index (χ4v) is 4.77. The van der Waals surface area contributed by atoms with Crippen molar-refractivity contribution in [1.29, 1.82) is 0 Å². The van der Waals surface area contributed by atoms with Crippen molar-refractivity contribution >= 4 is 40.3 Å². The minimum atomic E-state index is -4.67. The minimum absolute atomic E-state index is 0.0258. The number of aldehydes is 1. The number of imidazole rings is 1. The molecule has 202 valence electrons. The van der Waals surface area contributed by atoms with Gasteiger partial charge < -0.3 is 9.26 Å². The van der Waals surface area contributed by atoms with Crippen molar-refractivity contribution in [1.82, 2.24) is 19.6 Å². The van der Waals surface area contributed by atoms with Crippen molar-refractivity contribution in [2.24, 2.45) is 0 Å². The summed E-state index contributed by atoms with van der Waals surface area (Å²) in [4.78, 5) is 48.9. The number of ether oxygens (including phenoxy) is 1. The van der Waals surface area contributed by atoms with Crippen LogP contribution >= 0.6 is 0 Å². The van der Waals surface area contributed by atoms with E-state index in [0.717, 1.165) is 21.3 Å². The molecule has 1 aliphatic rings. The second-order valence-electron chi connectivity index (χ2n) is 9.36. The Morgan fingerprint density at radius 3 is 2.52 bits per heavy atom. The number of hydrogen-bond donors (Lipinski definition) is 1. The molecule has 13 heteroatoms. The zero-order chi connectivity index (χ0) is 28.4. The smallest absolute Gasteiger partial charge is 0.416 e. The van der Waals surface area contributed by atoms with Gasteiger partial charge in [-0.3, -0.25) is 19.5 Å². The molecule has 0 spiro atoms. The molecular weight excluding hydrogens is 533 g/mol. The lowest BCUT2D eigenvalue weighted by atomic mass is 9.94. The number of alkyl carbamates (subject to hydrolysis) is 1. The number of amides is 2. The Hall–Kier alpha value is -5.20. The largest absolute Gasteiger partial charge is 0.428 e. The summed E-state index contributed by atoms with van der Waals surface area (Å²) >= 11 is 0. The highest BCUT2D eigenvalue weighted by Gasteiger charge is 2.46. The molecule has 3 heterocycles. The van der Waals surface area contributed by atoms with Crippen molar-refractivity contribution < 1.29 is 36.8 Å². The highest BCUT2D eigenvalue weighted by molar-refractivity contribution is 6.03. The lowest BCUT2D eigenvalue weighted by Gasteiger charge is -2.20. The summed E-state index contributed by atoms with van der Waals surface area (Å²) in [5.41, 5.74) is -1.87. The summed E-state index contributed by atoms with van der Waals surface area (Å²) in [5.74, 6) is -0.634. The Labute approximate surface area is 221 Å². The van der Waals surface area contributed by atoms with Gasteiger partial charge in [-0.25, -0.2) is 14.2 Å². The van der Waals surface area contributed by atoms with Gasteiger partial charge in [0.25, 0.3) is 5.91 Å². The molecule has 0 radical (unpaired) electrons. The summed E-state index contributed by atoms with van der Waals surface area (Å²) in [6.45, 7) is 1.22. The average molecular weight is 550 g/mol. The zero-order valence-corrected chi connectivity index (χ0v) is 20.5. The first kappa shape index (κ1) is 25.1. The number of rotatable bonds is 5. The highest BCUT2D eigenvalue weighted by atomic mass is 19.4. The Kier molecular flexibility index (Phi) is 5.43. The number of carbonyl (C=O) groups excluding carboxylic acids is 3. The summed E-state index contributed by atoms with van der Waals surface area (Å²) in [6.07, 6.45) is -4.96. The van der Waals surface area contributed by atoms with E-state index in [9.17, 15) is 32.3 Å². The van der Waals surface area contributed by atoms with Crippen LogP contribution < -0.4 is 11.0 Å². The maximum atomic E-state index is 13.8. The molecule has 0 unspecified atom stereocenters. The molecule has 1 fully saturated rings. The van der Waals surface area contributed by atoms with E-state index in [1.165, 1.54) is 37.3 Å². The molecule has 1 atom stereocenters. The predicted molar refractivity (Wildman–Crippen MR) is 133 cm³/mol. The summed E-state index contributed by atoms with van der Waals surface area (Å²) in [5, 5.41) is 6.42. The topological polar surface area (TPSA) is 125 Å². The number of hydrogen-bond acceptors (Lipinski definition) is 7. The van der Waals surface area contributed by atoms with Gasteiger partial charge in [0.05, 0.1) is 28.5 Å². The lowest BCUT2D eigenvalue weighted by Crippen LogP contribution is -2.33. The van der Waals surface area contributed by atoms with Crippen LogP contribution in [0.1, 0.15) is 34.0 Å². The van der Waals surface area contributed by atoms with Crippen LogP contribution in [0.15, 0.2) is 70.0 Å². The maximum absolute atomic E-state index is 13.8. The summed E-state index contributed by atoms with van der Waals surface area (Å²) in [7, 11) is 0. The van der Waals surface area contributed by atoms with E-state index in [-0.39, 0.29) is 29.0 Å². The number of nitrogens with one attached hydrogen (secondary N) is 1. The van der Waals surface area contributed by atoms with E-state index in [4.69, 9.17) is 9.26 Å². The Morgan fingerprint density at radius 2 is 1.82 bits per heavy atom. The summed E-state index contributed by atoms with van der Waals surface area (Å²) in [6, 6.07) is 13.7. The van der Waals surface area contributed by atoms with Crippen molar-refractivity contribution in [2.75, 3.05) is 0 Å². The third-order valence-corrected chi connectivity index (χ3v) is 6.85. The van der Waals surface area contributed by atoms with Crippen LogP contribution in [0.5, 0.6) is 0 Å². The van der Waals surface area contributed by atoms with Crippen molar-refractivity contribution in [3.63, 3.8) is 0 Å². The van der Waals surface area contributed by atoms with Gasteiger partial charge in [-0.15, -0.1) is 0 Å². The van der Waals surface area contributed by atoms with E-state index < -0.39 is 35.0 Å². The van der Waals surface area contributed by atoms with Crippen LogP contribution in [0.25, 0.3) is 27.8 Å². The lowest BCUT2D eigenvalue weighted by molar-refractivity contribution is -0.137. The number of halogens is 3. The van der Waals surface area contributed by atoms with Crippen LogP contribution in [-0.4, -0.2) is 32.6 Å². The van der Waals surface area contributed by atoms with E-state index in [0.29, 0.717) is 28.4 Å². The molecule has 0 bridgehead atoms. The number of fused-ring (bicyclic) bond motifs is 2. The van der Waals surface area contributed by atoms with Gasteiger partial charge in [0.2, 0.25) is 5.60 Å². The van der Waals surface area contributed by atoms with Gasteiger partial charge in [-0.05, 0) is 48.9 Å². The standard InChI is InChI=1S/C27H17F3N4O6/c1-26(23(36)31-24(37)39-26)16-4-2-3-14(9-16)12-33-20-11-17(27(28,29)30)6-8-19(20)34(25(33)38)22-18-7-5-15(13-35)10-21(18)40-32-22/h2-11,13H,12H2,1H3,(H,31,36,37)/t26-/m1/s1. The fourth-order valence-electron chi connectivity index (χ4n) is 4.77. The van der Waals surface area contributed by atoms with Crippen molar-refractivity contribution in [3.8, 4) is 5.82 Å². The van der Waals surface area contributed by atoms with E-state index in [1.54, 1.807) is 18.2 Å². The first-order valence-electron chi connectivity index (χ1n) is 11.8. The molecule has 3 aromatic carbocycles. The van der Waals surface area contributed by atoms with Gasteiger partial charge in [-0.1, -0.05) is 29.4 Å². The number of alkyl halides is 3.